The third-order valence-electron chi connectivity index (χ3n) is 2.60. The Labute approximate surface area is 94.0 Å². The number of hydrogen-bond acceptors (Lipinski definition) is 1. The summed E-state index contributed by atoms with van der Waals surface area (Å²) in [6.45, 7) is 3.38. The van der Waals surface area contributed by atoms with Crippen molar-refractivity contribution in [1.82, 2.24) is 4.90 Å². The summed E-state index contributed by atoms with van der Waals surface area (Å²) in [4.78, 5) is 13.3. The molecule has 0 bridgehead atoms. The first kappa shape index (κ1) is 10.3. The van der Waals surface area contributed by atoms with Gasteiger partial charge in [0.05, 0.1) is 0 Å². The second kappa shape index (κ2) is 4.11. The Kier molecular flexibility index (Phi) is 2.82. The van der Waals surface area contributed by atoms with Gasteiger partial charge in [0.1, 0.15) is 0 Å². The van der Waals surface area contributed by atoms with E-state index < -0.39 is 0 Å². The smallest absolute Gasteiger partial charge is 0.320 e. The van der Waals surface area contributed by atoms with Crippen LogP contribution in [-0.4, -0.2) is 17.5 Å². The van der Waals surface area contributed by atoms with Crippen molar-refractivity contribution in [3.63, 3.8) is 0 Å². The van der Waals surface area contributed by atoms with Crippen LogP contribution in [0.1, 0.15) is 18.1 Å². The van der Waals surface area contributed by atoms with Gasteiger partial charge in [-0.3, -0.25) is 0 Å². The number of alkyl halides is 1. The molecule has 1 heterocycles. The molecular weight excluding hydrogens is 212 g/mol. The summed E-state index contributed by atoms with van der Waals surface area (Å²) in [6, 6.07) is 5.93. The number of rotatable bonds is 2. The molecular formula is C11H13ClN2O. The fraction of sp³-hybridized carbons (Fsp3) is 0.364. The van der Waals surface area contributed by atoms with E-state index in [-0.39, 0.29) is 6.03 Å². The molecule has 0 aliphatic carbocycles. The van der Waals surface area contributed by atoms with Gasteiger partial charge in [-0.25, -0.2) is 4.79 Å². The first-order valence-corrected chi connectivity index (χ1v) is 5.51. The zero-order valence-electron chi connectivity index (χ0n) is 8.59. The average Bonchev–Trinajstić information content (AvgIpc) is 2.27. The molecule has 1 aromatic rings. The number of halogens is 1. The molecule has 3 nitrogen and oxygen atoms in total. The van der Waals surface area contributed by atoms with Crippen molar-refractivity contribution in [1.29, 1.82) is 0 Å². The van der Waals surface area contributed by atoms with E-state index in [4.69, 9.17) is 11.6 Å². The van der Waals surface area contributed by atoms with E-state index in [1.807, 2.05) is 25.1 Å². The number of hydrogen-bond donors (Lipinski definition) is 1. The summed E-state index contributed by atoms with van der Waals surface area (Å²) < 4.78 is 0. The van der Waals surface area contributed by atoms with E-state index in [9.17, 15) is 4.79 Å². The highest BCUT2D eigenvalue weighted by Gasteiger charge is 2.20. The minimum absolute atomic E-state index is 0.0308. The monoisotopic (exact) mass is 224 g/mol. The number of nitrogens with one attached hydrogen (secondary N) is 1. The second-order valence-corrected chi connectivity index (χ2v) is 3.84. The number of urea groups is 1. The number of amides is 2. The van der Waals surface area contributed by atoms with Crippen molar-refractivity contribution in [2.75, 3.05) is 11.9 Å². The Morgan fingerprint density at radius 1 is 1.53 bits per heavy atom. The molecule has 0 saturated heterocycles. The Morgan fingerprint density at radius 3 is 3.00 bits per heavy atom. The summed E-state index contributed by atoms with van der Waals surface area (Å²) in [7, 11) is 0. The molecule has 80 valence electrons. The Morgan fingerprint density at radius 2 is 2.33 bits per heavy atom. The van der Waals surface area contributed by atoms with Gasteiger partial charge in [-0.2, -0.15) is 0 Å². The molecule has 0 radical (unpaired) electrons. The number of nitrogens with zero attached hydrogens (tertiary/aromatic N) is 1. The summed E-state index contributed by atoms with van der Waals surface area (Å²) in [6.07, 6.45) is 0. The van der Waals surface area contributed by atoms with Gasteiger partial charge < -0.3 is 10.2 Å². The van der Waals surface area contributed by atoms with E-state index in [2.05, 4.69) is 5.32 Å². The van der Waals surface area contributed by atoms with E-state index in [0.29, 0.717) is 12.4 Å². The quantitative estimate of drug-likeness (QED) is 0.770. The fourth-order valence-electron chi connectivity index (χ4n) is 1.69. The van der Waals surface area contributed by atoms with Crippen molar-refractivity contribution in [2.24, 2.45) is 0 Å². The SMILES string of the molecule is CCN1Cc2ccc(CCl)cc2NC1=O. The summed E-state index contributed by atoms with van der Waals surface area (Å²) in [5.74, 6) is 0.473. The molecule has 0 saturated carbocycles. The van der Waals surface area contributed by atoms with Crippen molar-refractivity contribution in [3.05, 3.63) is 29.3 Å². The van der Waals surface area contributed by atoms with E-state index in [0.717, 1.165) is 23.4 Å². The highest BCUT2D eigenvalue weighted by molar-refractivity contribution is 6.17. The Bertz CT molecular complexity index is 392. The number of benzene rings is 1. The van der Waals surface area contributed by atoms with E-state index in [1.165, 1.54) is 0 Å². The Hall–Kier alpha value is -1.22. The van der Waals surface area contributed by atoms with Gasteiger partial charge in [0.2, 0.25) is 0 Å². The van der Waals surface area contributed by atoms with Crippen molar-refractivity contribution < 1.29 is 4.79 Å². The predicted molar refractivity (Wildman–Crippen MR) is 61.1 cm³/mol. The van der Waals surface area contributed by atoms with Crippen molar-refractivity contribution >= 4 is 23.3 Å². The van der Waals surface area contributed by atoms with Crippen LogP contribution in [0.4, 0.5) is 10.5 Å². The van der Waals surface area contributed by atoms with Crippen molar-refractivity contribution in [2.45, 2.75) is 19.3 Å². The van der Waals surface area contributed by atoms with Crippen LogP contribution in [0, 0.1) is 0 Å². The summed E-state index contributed by atoms with van der Waals surface area (Å²) in [5, 5.41) is 2.86. The fourth-order valence-corrected chi connectivity index (χ4v) is 1.85. The average molecular weight is 225 g/mol. The van der Waals surface area contributed by atoms with Crippen LogP contribution in [-0.2, 0) is 12.4 Å². The van der Waals surface area contributed by atoms with Crippen LogP contribution in [0.2, 0.25) is 0 Å². The zero-order valence-corrected chi connectivity index (χ0v) is 9.34. The van der Waals surface area contributed by atoms with Gasteiger partial charge >= 0.3 is 6.03 Å². The maximum atomic E-state index is 11.6. The minimum atomic E-state index is -0.0308. The number of carbonyl (C=O) groups is 1. The highest BCUT2D eigenvalue weighted by atomic mass is 35.5. The van der Waals surface area contributed by atoms with Gasteiger partial charge in [-0.15, -0.1) is 11.6 Å². The topological polar surface area (TPSA) is 32.3 Å². The van der Waals surface area contributed by atoms with E-state index >= 15 is 0 Å². The largest absolute Gasteiger partial charge is 0.322 e. The molecule has 1 aromatic carbocycles. The first-order chi connectivity index (χ1) is 7.24. The number of carbonyl (C=O) groups excluding carboxylic acids is 1. The molecule has 2 rings (SSSR count). The molecule has 1 aliphatic heterocycles. The number of fused-ring (bicyclic) bond motifs is 1. The molecule has 1 aliphatic rings. The van der Waals surface area contributed by atoms with Crippen LogP contribution in [0.25, 0.3) is 0 Å². The third kappa shape index (κ3) is 1.92. The molecule has 0 unspecified atom stereocenters. The lowest BCUT2D eigenvalue weighted by molar-refractivity contribution is 0.210. The first-order valence-electron chi connectivity index (χ1n) is 4.98. The van der Waals surface area contributed by atoms with Gasteiger partial charge in [-0.1, -0.05) is 12.1 Å². The molecule has 2 amide bonds. The summed E-state index contributed by atoms with van der Waals surface area (Å²) in [5.41, 5.74) is 3.06. The molecule has 0 spiro atoms. The van der Waals surface area contributed by atoms with E-state index in [1.54, 1.807) is 4.90 Å². The van der Waals surface area contributed by atoms with Crippen LogP contribution >= 0.6 is 11.6 Å². The van der Waals surface area contributed by atoms with Crippen LogP contribution in [0.3, 0.4) is 0 Å². The predicted octanol–water partition coefficient (Wildman–Crippen LogP) is 2.79. The normalized spacial score (nSPS) is 14.8. The van der Waals surface area contributed by atoms with Crippen LogP contribution in [0.5, 0.6) is 0 Å². The molecule has 1 N–H and O–H groups in total. The second-order valence-electron chi connectivity index (χ2n) is 3.57. The zero-order chi connectivity index (χ0) is 10.8. The maximum absolute atomic E-state index is 11.6. The molecule has 0 aromatic heterocycles. The molecule has 0 atom stereocenters. The van der Waals surface area contributed by atoms with Crippen molar-refractivity contribution in [3.8, 4) is 0 Å². The lowest BCUT2D eigenvalue weighted by Gasteiger charge is -2.28. The standard InChI is InChI=1S/C11H13ClN2O/c1-2-14-7-9-4-3-8(6-12)5-10(9)13-11(14)15/h3-5H,2,6-7H2,1H3,(H,13,15). The third-order valence-corrected chi connectivity index (χ3v) is 2.91. The highest BCUT2D eigenvalue weighted by Crippen LogP contribution is 2.24. The Balaban J connectivity index is 2.32. The molecule has 4 heteroatoms. The van der Waals surface area contributed by atoms with Gasteiger partial charge in [0.15, 0.2) is 0 Å². The van der Waals surface area contributed by atoms with Crippen LogP contribution in [0.15, 0.2) is 18.2 Å². The molecule has 15 heavy (non-hydrogen) atoms. The molecule has 0 fully saturated rings. The lowest BCUT2D eigenvalue weighted by Crippen LogP contribution is -2.38. The summed E-state index contributed by atoms with van der Waals surface area (Å²) >= 11 is 5.74. The van der Waals surface area contributed by atoms with Gasteiger partial charge in [-0.05, 0) is 24.1 Å². The maximum Gasteiger partial charge on any atom is 0.322 e. The van der Waals surface area contributed by atoms with Crippen LogP contribution < -0.4 is 5.32 Å². The minimum Gasteiger partial charge on any atom is -0.320 e. The van der Waals surface area contributed by atoms with Gasteiger partial charge in [0.25, 0.3) is 0 Å². The van der Waals surface area contributed by atoms with Gasteiger partial charge in [0, 0.05) is 24.7 Å². The lowest BCUT2D eigenvalue weighted by atomic mass is 10.1. The number of anilines is 1.